The molecule has 0 fully saturated rings. The zero-order chi connectivity index (χ0) is 19.8. The minimum absolute atomic E-state index is 0.0776. The Kier molecular flexibility index (Phi) is 6.77. The van der Waals surface area contributed by atoms with E-state index in [1.54, 1.807) is 0 Å². The minimum Gasteiger partial charge on any atom is -0.329 e. The van der Waals surface area contributed by atoms with Gasteiger partial charge in [0.15, 0.2) is 0 Å². The molecule has 1 amide bonds. The van der Waals surface area contributed by atoms with Crippen molar-refractivity contribution >= 4 is 11.6 Å². The van der Waals surface area contributed by atoms with Crippen molar-refractivity contribution in [2.45, 2.75) is 6.42 Å². The highest BCUT2D eigenvalue weighted by molar-refractivity contribution is 5.92. The summed E-state index contributed by atoms with van der Waals surface area (Å²) in [5.41, 5.74) is 7.48. The number of amides is 1. The van der Waals surface area contributed by atoms with Gasteiger partial charge in [-0.3, -0.25) is 9.69 Å². The zero-order valence-electron chi connectivity index (χ0n) is 15.3. The van der Waals surface area contributed by atoms with Crippen molar-refractivity contribution in [3.8, 4) is 5.69 Å². The van der Waals surface area contributed by atoms with E-state index in [9.17, 15) is 9.18 Å². The molecule has 0 bridgehead atoms. The fourth-order valence-corrected chi connectivity index (χ4v) is 2.81. The van der Waals surface area contributed by atoms with Crippen LogP contribution in [0.2, 0.25) is 0 Å². The molecule has 28 heavy (non-hydrogen) atoms. The van der Waals surface area contributed by atoms with Crippen LogP contribution < -0.4 is 11.1 Å². The number of carbonyl (C=O) groups excluding carboxylic acids is 1. The number of nitrogens with zero attached hydrogens (tertiary/aromatic N) is 5. The molecule has 9 heteroatoms. The molecule has 8 nitrogen and oxygen atoms in total. The Balaban J connectivity index is 1.61. The van der Waals surface area contributed by atoms with Crippen LogP contribution in [0.3, 0.4) is 0 Å². The number of hydrogen-bond donors (Lipinski definition) is 2. The lowest BCUT2D eigenvalue weighted by Gasteiger charge is -2.21. The number of benzene rings is 2. The van der Waals surface area contributed by atoms with Crippen LogP contribution in [0, 0.1) is 5.82 Å². The Bertz CT molecular complexity index is 887. The second-order valence-corrected chi connectivity index (χ2v) is 6.27. The summed E-state index contributed by atoms with van der Waals surface area (Å²) in [6.07, 6.45) is 2.20. The van der Waals surface area contributed by atoms with Gasteiger partial charge in [0.2, 0.25) is 5.91 Å². The maximum atomic E-state index is 14.1. The molecule has 0 radical (unpaired) electrons. The van der Waals surface area contributed by atoms with E-state index in [1.807, 2.05) is 35.2 Å². The van der Waals surface area contributed by atoms with Crippen LogP contribution in [0.5, 0.6) is 0 Å². The molecule has 3 rings (SSSR count). The molecular formula is C19H22FN7O. The van der Waals surface area contributed by atoms with Gasteiger partial charge in [0.25, 0.3) is 0 Å². The molecule has 3 N–H and O–H groups in total. The first-order valence-corrected chi connectivity index (χ1v) is 8.95. The highest BCUT2D eigenvalue weighted by atomic mass is 19.1. The third kappa shape index (κ3) is 5.41. The van der Waals surface area contributed by atoms with Gasteiger partial charge in [-0.2, -0.15) is 0 Å². The van der Waals surface area contributed by atoms with Crippen molar-refractivity contribution in [2.75, 3.05) is 31.5 Å². The van der Waals surface area contributed by atoms with E-state index in [2.05, 4.69) is 20.8 Å². The number of nitrogens with two attached hydrogens (primary N) is 1. The molecule has 0 saturated carbocycles. The molecule has 2 aromatic carbocycles. The average molecular weight is 383 g/mol. The number of anilines is 1. The summed E-state index contributed by atoms with van der Waals surface area (Å²) >= 11 is 0. The molecule has 3 aromatic rings. The smallest absolute Gasteiger partial charge is 0.238 e. The van der Waals surface area contributed by atoms with Gasteiger partial charge >= 0.3 is 0 Å². The highest BCUT2D eigenvalue weighted by Crippen LogP contribution is 2.18. The van der Waals surface area contributed by atoms with Crippen LogP contribution >= 0.6 is 0 Å². The normalized spacial score (nSPS) is 11.0. The SMILES string of the molecule is NCCN(CCc1ccccc1)CC(=O)Nc1cc(-n2cnnn2)ccc1F. The molecule has 1 aromatic heterocycles. The van der Waals surface area contributed by atoms with Crippen molar-refractivity contribution in [1.29, 1.82) is 0 Å². The van der Waals surface area contributed by atoms with Crippen LogP contribution in [-0.2, 0) is 11.2 Å². The predicted molar refractivity (Wildman–Crippen MR) is 103 cm³/mol. The molecule has 0 aliphatic carbocycles. The summed E-state index contributed by atoms with van der Waals surface area (Å²) in [6.45, 7) is 1.82. The van der Waals surface area contributed by atoms with E-state index in [1.165, 1.54) is 34.8 Å². The zero-order valence-corrected chi connectivity index (χ0v) is 15.3. The maximum Gasteiger partial charge on any atom is 0.238 e. The lowest BCUT2D eigenvalue weighted by atomic mass is 10.1. The summed E-state index contributed by atoms with van der Waals surface area (Å²) in [6, 6.07) is 14.3. The maximum absolute atomic E-state index is 14.1. The van der Waals surface area contributed by atoms with Crippen molar-refractivity contribution in [3.05, 3.63) is 66.2 Å². The molecule has 0 unspecified atom stereocenters. The standard InChI is InChI=1S/C19H22FN7O/c20-17-7-6-16(27-14-22-24-25-27)12-18(17)23-19(28)13-26(11-9-21)10-8-15-4-2-1-3-5-15/h1-7,12,14H,8-11,13,21H2,(H,23,28). The van der Waals surface area contributed by atoms with Gasteiger partial charge in [-0.15, -0.1) is 5.10 Å². The van der Waals surface area contributed by atoms with Gasteiger partial charge in [0.1, 0.15) is 12.1 Å². The molecule has 146 valence electrons. The van der Waals surface area contributed by atoms with Crippen LogP contribution in [0.25, 0.3) is 5.69 Å². The number of aromatic nitrogens is 4. The van der Waals surface area contributed by atoms with Crippen molar-refractivity contribution in [1.82, 2.24) is 25.1 Å². The summed E-state index contributed by atoms with van der Waals surface area (Å²) in [4.78, 5) is 14.4. The van der Waals surface area contributed by atoms with Crippen molar-refractivity contribution < 1.29 is 9.18 Å². The fourth-order valence-electron chi connectivity index (χ4n) is 2.81. The Morgan fingerprint density at radius 3 is 2.71 bits per heavy atom. The Labute approximate surface area is 162 Å². The fraction of sp³-hybridized carbons (Fsp3) is 0.263. The molecule has 0 saturated heterocycles. The number of nitrogens with one attached hydrogen (secondary N) is 1. The predicted octanol–water partition coefficient (Wildman–Crippen LogP) is 1.24. The van der Waals surface area contributed by atoms with Gasteiger partial charge in [0, 0.05) is 19.6 Å². The minimum atomic E-state index is -0.528. The van der Waals surface area contributed by atoms with Crippen molar-refractivity contribution in [3.63, 3.8) is 0 Å². The lowest BCUT2D eigenvalue weighted by Crippen LogP contribution is -2.38. The van der Waals surface area contributed by atoms with E-state index >= 15 is 0 Å². The summed E-state index contributed by atoms with van der Waals surface area (Å²) in [5, 5.41) is 13.5. The molecule has 0 atom stereocenters. The second kappa shape index (κ2) is 9.67. The number of carbonyl (C=O) groups is 1. The second-order valence-electron chi connectivity index (χ2n) is 6.27. The third-order valence-corrected chi connectivity index (χ3v) is 4.21. The first-order valence-electron chi connectivity index (χ1n) is 8.95. The van der Waals surface area contributed by atoms with E-state index in [4.69, 9.17) is 5.73 Å². The summed E-state index contributed by atoms with van der Waals surface area (Å²) in [5.74, 6) is -0.839. The van der Waals surface area contributed by atoms with Gasteiger partial charge in [-0.25, -0.2) is 9.07 Å². The number of tetrazole rings is 1. The quantitative estimate of drug-likeness (QED) is 0.577. The number of halogens is 1. The molecule has 1 heterocycles. The topological polar surface area (TPSA) is 102 Å². The highest BCUT2D eigenvalue weighted by Gasteiger charge is 2.13. The van der Waals surface area contributed by atoms with Gasteiger partial charge in [-0.05, 0) is 40.6 Å². The summed E-state index contributed by atoms with van der Waals surface area (Å²) < 4.78 is 15.5. The Hall–Kier alpha value is -3.17. The number of rotatable bonds is 9. The Morgan fingerprint density at radius 1 is 1.18 bits per heavy atom. The number of hydrogen-bond acceptors (Lipinski definition) is 6. The summed E-state index contributed by atoms with van der Waals surface area (Å²) in [7, 11) is 0. The monoisotopic (exact) mass is 383 g/mol. The Morgan fingerprint density at radius 2 is 2.00 bits per heavy atom. The van der Waals surface area contributed by atoms with Gasteiger partial charge in [0.05, 0.1) is 17.9 Å². The van der Waals surface area contributed by atoms with E-state index in [0.717, 1.165) is 6.42 Å². The molecule has 0 aliphatic heterocycles. The average Bonchev–Trinajstić information content (AvgIpc) is 3.24. The first kappa shape index (κ1) is 19.6. The third-order valence-electron chi connectivity index (χ3n) is 4.21. The van der Waals surface area contributed by atoms with Crippen molar-refractivity contribution in [2.24, 2.45) is 5.73 Å². The molecule has 0 aliphatic rings. The van der Waals surface area contributed by atoms with Crippen LogP contribution in [0.15, 0.2) is 54.9 Å². The lowest BCUT2D eigenvalue weighted by molar-refractivity contribution is -0.117. The largest absolute Gasteiger partial charge is 0.329 e. The van der Waals surface area contributed by atoms with Crippen LogP contribution in [-0.4, -0.2) is 57.2 Å². The molecule has 0 spiro atoms. The van der Waals surface area contributed by atoms with E-state index < -0.39 is 5.82 Å². The van der Waals surface area contributed by atoms with E-state index in [0.29, 0.717) is 25.3 Å². The van der Waals surface area contributed by atoms with Crippen LogP contribution in [0.1, 0.15) is 5.56 Å². The van der Waals surface area contributed by atoms with Crippen LogP contribution in [0.4, 0.5) is 10.1 Å². The molecular weight excluding hydrogens is 361 g/mol. The van der Waals surface area contributed by atoms with E-state index in [-0.39, 0.29) is 18.1 Å². The van der Waals surface area contributed by atoms with Gasteiger partial charge in [-0.1, -0.05) is 30.3 Å². The first-order chi connectivity index (χ1) is 13.7. The van der Waals surface area contributed by atoms with Gasteiger partial charge < -0.3 is 11.1 Å².